The van der Waals surface area contributed by atoms with Crippen LogP contribution in [0.2, 0.25) is 0 Å². The Labute approximate surface area is 211 Å². The molecule has 0 bridgehead atoms. The van der Waals surface area contributed by atoms with Crippen molar-refractivity contribution < 1.29 is 4.74 Å². The summed E-state index contributed by atoms with van der Waals surface area (Å²) in [4.78, 5) is 14.4. The van der Waals surface area contributed by atoms with E-state index in [1.165, 1.54) is 25.7 Å². The lowest BCUT2D eigenvalue weighted by Gasteiger charge is -2.34. The van der Waals surface area contributed by atoms with Crippen molar-refractivity contribution in [3.05, 3.63) is 23.9 Å². The van der Waals surface area contributed by atoms with Crippen LogP contribution >= 0.6 is 24.0 Å². The van der Waals surface area contributed by atoms with Gasteiger partial charge in [-0.1, -0.05) is 32.8 Å². The number of morpholine rings is 1. The fourth-order valence-corrected chi connectivity index (χ4v) is 4.31. The van der Waals surface area contributed by atoms with E-state index in [1.807, 2.05) is 6.20 Å². The maximum Gasteiger partial charge on any atom is 0.191 e. The average molecular weight is 559 g/mol. The highest BCUT2D eigenvalue weighted by molar-refractivity contribution is 14.0. The summed E-state index contributed by atoms with van der Waals surface area (Å²) in [5, 5.41) is 6.81. The van der Waals surface area contributed by atoms with Crippen molar-refractivity contribution >= 4 is 35.8 Å². The number of hydrogen-bond acceptors (Lipinski definition) is 5. The van der Waals surface area contributed by atoms with Crippen molar-refractivity contribution in [2.75, 3.05) is 57.3 Å². The number of guanidine groups is 1. The molecule has 7 nitrogen and oxygen atoms in total. The lowest BCUT2D eigenvalue weighted by atomic mass is 10.2. The molecule has 1 aromatic rings. The molecule has 2 aliphatic heterocycles. The molecule has 3 rings (SSSR count). The molecule has 1 atom stereocenters. The summed E-state index contributed by atoms with van der Waals surface area (Å²) in [6.07, 6.45) is 7.39. The van der Waals surface area contributed by atoms with E-state index in [0.717, 1.165) is 69.8 Å². The first-order chi connectivity index (χ1) is 15.1. The zero-order valence-electron chi connectivity index (χ0n) is 20.2. The zero-order valence-corrected chi connectivity index (χ0v) is 22.5. The second-order valence-corrected chi connectivity index (χ2v) is 9.15. The van der Waals surface area contributed by atoms with E-state index in [2.05, 4.69) is 53.3 Å². The second kappa shape index (κ2) is 14.9. The van der Waals surface area contributed by atoms with Gasteiger partial charge in [0.25, 0.3) is 0 Å². The number of aliphatic imine (C=N–C) groups is 1. The van der Waals surface area contributed by atoms with Gasteiger partial charge in [-0.25, -0.2) is 9.98 Å². The molecule has 8 heteroatoms. The van der Waals surface area contributed by atoms with Crippen LogP contribution in [0.4, 0.5) is 5.82 Å². The second-order valence-electron chi connectivity index (χ2n) is 9.15. The molecule has 1 unspecified atom stereocenters. The Morgan fingerprint density at radius 2 is 1.94 bits per heavy atom. The van der Waals surface area contributed by atoms with Crippen LogP contribution in [0.1, 0.15) is 52.0 Å². The van der Waals surface area contributed by atoms with Gasteiger partial charge in [-0.3, -0.25) is 4.90 Å². The van der Waals surface area contributed by atoms with E-state index in [1.54, 1.807) is 0 Å². The molecule has 2 N–H and O–H groups in total. The first kappa shape index (κ1) is 27.1. The summed E-state index contributed by atoms with van der Waals surface area (Å²) in [6, 6.07) is 4.31. The quantitative estimate of drug-likeness (QED) is 0.290. The number of nitrogens with one attached hydrogen (secondary N) is 2. The molecule has 32 heavy (non-hydrogen) atoms. The van der Waals surface area contributed by atoms with Crippen LogP contribution in [0.15, 0.2) is 23.3 Å². The molecular formula is C24H43IN6O. The van der Waals surface area contributed by atoms with Crippen molar-refractivity contribution in [2.45, 2.75) is 59.1 Å². The van der Waals surface area contributed by atoms with Crippen molar-refractivity contribution in [3.63, 3.8) is 0 Å². The zero-order chi connectivity index (χ0) is 21.9. The molecule has 2 aliphatic rings. The minimum Gasteiger partial charge on any atom is -0.374 e. The van der Waals surface area contributed by atoms with Gasteiger partial charge in [0.1, 0.15) is 5.82 Å². The topological polar surface area (TPSA) is 65.0 Å². The van der Waals surface area contributed by atoms with E-state index < -0.39 is 0 Å². The van der Waals surface area contributed by atoms with Crippen LogP contribution in [0, 0.1) is 5.92 Å². The van der Waals surface area contributed by atoms with Crippen molar-refractivity contribution in [3.8, 4) is 0 Å². The molecule has 182 valence electrons. The highest BCUT2D eigenvalue weighted by Crippen LogP contribution is 2.17. The SMILES string of the molecule is CCNC(=NCc1ccc(N2CCCCCC2)nc1)NCC1CN(CC(C)C)CCO1.I. The van der Waals surface area contributed by atoms with Crippen LogP contribution in [0.5, 0.6) is 0 Å². The van der Waals surface area contributed by atoms with Crippen molar-refractivity contribution in [1.82, 2.24) is 20.5 Å². The molecule has 1 aromatic heterocycles. The molecule has 0 aromatic carbocycles. The fourth-order valence-electron chi connectivity index (χ4n) is 4.31. The van der Waals surface area contributed by atoms with Crippen LogP contribution in [-0.2, 0) is 11.3 Å². The van der Waals surface area contributed by atoms with Gasteiger partial charge in [-0.15, -0.1) is 24.0 Å². The Kier molecular flexibility index (Phi) is 12.6. The molecule has 0 radical (unpaired) electrons. The Bertz CT molecular complexity index is 661. The molecule has 0 saturated carbocycles. The maximum atomic E-state index is 5.96. The number of anilines is 1. The van der Waals surface area contributed by atoms with Crippen LogP contribution < -0.4 is 15.5 Å². The average Bonchev–Trinajstić information content (AvgIpc) is 3.05. The third-order valence-electron chi connectivity index (χ3n) is 5.85. The Morgan fingerprint density at radius 1 is 1.16 bits per heavy atom. The van der Waals surface area contributed by atoms with Gasteiger partial charge in [0.05, 0.1) is 19.3 Å². The number of aromatic nitrogens is 1. The summed E-state index contributed by atoms with van der Waals surface area (Å²) < 4.78 is 5.96. The summed E-state index contributed by atoms with van der Waals surface area (Å²) in [5.41, 5.74) is 1.13. The predicted molar refractivity (Wildman–Crippen MR) is 144 cm³/mol. The minimum absolute atomic E-state index is 0. The summed E-state index contributed by atoms with van der Waals surface area (Å²) >= 11 is 0. The number of halogens is 1. The van der Waals surface area contributed by atoms with Gasteiger partial charge < -0.3 is 20.3 Å². The highest BCUT2D eigenvalue weighted by Gasteiger charge is 2.21. The van der Waals surface area contributed by atoms with Crippen LogP contribution in [-0.4, -0.2) is 74.4 Å². The maximum absolute atomic E-state index is 5.96. The van der Waals surface area contributed by atoms with E-state index in [-0.39, 0.29) is 30.1 Å². The standard InChI is InChI=1S/C24H42N6O.HI/c1-4-25-24(28-17-22-19-29(13-14-31-22)18-20(2)3)27-16-21-9-10-23(26-15-21)30-11-7-5-6-8-12-30;/h9-10,15,20,22H,4-8,11-14,16-19H2,1-3H3,(H2,25,27,28);1H. The third-order valence-corrected chi connectivity index (χ3v) is 5.85. The van der Waals surface area contributed by atoms with E-state index >= 15 is 0 Å². The number of pyridine rings is 1. The van der Waals surface area contributed by atoms with Gasteiger partial charge in [0.15, 0.2) is 5.96 Å². The van der Waals surface area contributed by atoms with Crippen molar-refractivity contribution in [1.29, 1.82) is 0 Å². The lowest BCUT2D eigenvalue weighted by molar-refractivity contribution is -0.0284. The molecule has 2 fully saturated rings. The van der Waals surface area contributed by atoms with Crippen molar-refractivity contribution in [2.24, 2.45) is 10.9 Å². The normalized spacial score (nSPS) is 20.6. The van der Waals surface area contributed by atoms with E-state index in [4.69, 9.17) is 14.7 Å². The molecule has 0 aliphatic carbocycles. The van der Waals surface area contributed by atoms with Gasteiger partial charge in [-0.05, 0) is 37.3 Å². The summed E-state index contributed by atoms with van der Waals surface area (Å²) in [5.74, 6) is 2.62. The Morgan fingerprint density at radius 3 is 2.59 bits per heavy atom. The molecule has 3 heterocycles. The van der Waals surface area contributed by atoms with Crippen LogP contribution in [0.3, 0.4) is 0 Å². The smallest absolute Gasteiger partial charge is 0.191 e. The number of nitrogens with zero attached hydrogens (tertiary/aromatic N) is 4. The van der Waals surface area contributed by atoms with Crippen LogP contribution in [0.25, 0.3) is 0 Å². The Balaban J connectivity index is 0.00000363. The first-order valence-corrected chi connectivity index (χ1v) is 12.2. The lowest BCUT2D eigenvalue weighted by Crippen LogP contribution is -2.50. The van der Waals surface area contributed by atoms with Gasteiger partial charge in [0.2, 0.25) is 0 Å². The molecule has 0 amide bonds. The summed E-state index contributed by atoms with van der Waals surface area (Å²) in [6.45, 7) is 15.1. The number of ether oxygens (including phenoxy) is 1. The van der Waals surface area contributed by atoms with Gasteiger partial charge >= 0.3 is 0 Å². The fraction of sp³-hybridized carbons (Fsp3) is 0.750. The van der Waals surface area contributed by atoms with E-state index in [0.29, 0.717) is 12.5 Å². The van der Waals surface area contributed by atoms with Gasteiger partial charge in [0, 0.05) is 52.0 Å². The molecular weight excluding hydrogens is 515 g/mol. The summed E-state index contributed by atoms with van der Waals surface area (Å²) in [7, 11) is 0. The number of rotatable bonds is 8. The molecule has 2 saturated heterocycles. The minimum atomic E-state index is 0. The van der Waals surface area contributed by atoms with Gasteiger partial charge in [-0.2, -0.15) is 0 Å². The van der Waals surface area contributed by atoms with E-state index in [9.17, 15) is 0 Å². The Hall–Kier alpha value is -1.13. The highest BCUT2D eigenvalue weighted by atomic mass is 127. The number of hydrogen-bond donors (Lipinski definition) is 2. The molecule has 0 spiro atoms. The predicted octanol–water partition coefficient (Wildman–Crippen LogP) is 3.49. The first-order valence-electron chi connectivity index (χ1n) is 12.2. The largest absolute Gasteiger partial charge is 0.374 e. The third kappa shape index (κ3) is 9.39. The monoisotopic (exact) mass is 558 g/mol.